The van der Waals surface area contributed by atoms with Gasteiger partial charge in [-0.25, -0.2) is 4.98 Å². The quantitative estimate of drug-likeness (QED) is 0.925. The SMILES string of the molecule is Cc1cccc(OC(c2ccccc2)[C@H]2CCNC2)n1. The summed E-state index contributed by atoms with van der Waals surface area (Å²) in [5, 5.41) is 3.42. The van der Waals surface area contributed by atoms with Gasteiger partial charge in [-0.1, -0.05) is 36.4 Å². The monoisotopic (exact) mass is 268 g/mol. The van der Waals surface area contributed by atoms with E-state index in [0.29, 0.717) is 11.8 Å². The van der Waals surface area contributed by atoms with Crippen LogP contribution in [-0.2, 0) is 0 Å². The lowest BCUT2D eigenvalue weighted by Gasteiger charge is -2.24. The molecular weight excluding hydrogens is 248 g/mol. The van der Waals surface area contributed by atoms with Crippen LogP contribution in [0.15, 0.2) is 48.5 Å². The van der Waals surface area contributed by atoms with Crippen molar-refractivity contribution in [1.29, 1.82) is 0 Å². The molecule has 0 bridgehead atoms. The summed E-state index contributed by atoms with van der Waals surface area (Å²) >= 11 is 0. The molecule has 104 valence electrons. The van der Waals surface area contributed by atoms with Crippen LogP contribution in [0.25, 0.3) is 0 Å². The van der Waals surface area contributed by atoms with Crippen molar-refractivity contribution in [2.45, 2.75) is 19.4 Å². The fraction of sp³-hybridized carbons (Fsp3) is 0.353. The molecule has 1 aromatic carbocycles. The van der Waals surface area contributed by atoms with Crippen LogP contribution < -0.4 is 10.1 Å². The van der Waals surface area contributed by atoms with E-state index in [4.69, 9.17) is 4.74 Å². The second-order valence-corrected chi connectivity index (χ2v) is 5.32. The van der Waals surface area contributed by atoms with Gasteiger partial charge in [-0.15, -0.1) is 0 Å². The lowest BCUT2D eigenvalue weighted by molar-refractivity contribution is 0.138. The number of aromatic nitrogens is 1. The van der Waals surface area contributed by atoms with Gasteiger partial charge in [-0.3, -0.25) is 0 Å². The maximum atomic E-state index is 6.21. The van der Waals surface area contributed by atoms with Crippen molar-refractivity contribution >= 4 is 0 Å². The van der Waals surface area contributed by atoms with Crippen molar-refractivity contribution < 1.29 is 4.74 Å². The fourth-order valence-corrected chi connectivity index (χ4v) is 2.73. The number of benzene rings is 1. The molecule has 1 aliphatic rings. The number of ether oxygens (including phenoxy) is 1. The van der Waals surface area contributed by atoms with E-state index >= 15 is 0 Å². The molecule has 0 aliphatic carbocycles. The predicted molar refractivity (Wildman–Crippen MR) is 79.8 cm³/mol. The highest BCUT2D eigenvalue weighted by Crippen LogP contribution is 2.31. The molecule has 1 aliphatic heterocycles. The van der Waals surface area contributed by atoms with E-state index < -0.39 is 0 Å². The molecule has 3 rings (SSSR count). The lowest BCUT2D eigenvalue weighted by atomic mass is 9.95. The van der Waals surface area contributed by atoms with Crippen molar-refractivity contribution in [2.75, 3.05) is 13.1 Å². The van der Waals surface area contributed by atoms with E-state index in [1.807, 2.05) is 31.2 Å². The number of hydrogen-bond acceptors (Lipinski definition) is 3. The Labute approximate surface area is 120 Å². The van der Waals surface area contributed by atoms with Gasteiger partial charge in [0.1, 0.15) is 6.10 Å². The Morgan fingerprint density at radius 1 is 1.15 bits per heavy atom. The Balaban J connectivity index is 1.85. The summed E-state index contributed by atoms with van der Waals surface area (Å²) in [6.07, 6.45) is 1.21. The van der Waals surface area contributed by atoms with Gasteiger partial charge in [-0.05, 0) is 31.5 Å². The first-order valence-corrected chi connectivity index (χ1v) is 7.19. The maximum absolute atomic E-state index is 6.21. The standard InChI is InChI=1S/C17H20N2O/c1-13-6-5-9-16(19-13)20-17(15-10-11-18-12-15)14-7-3-2-4-8-14/h2-9,15,17-18H,10-12H2,1H3/t15-,17?/m0/s1. The summed E-state index contributed by atoms with van der Waals surface area (Å²) in [4.78, 5) is 4.47. The Morgan fingerprint density at radius 3 is 2.70 bits per heavy atom. The van der Waals surface area contributed by atoms with Crippen LogP contribution in [0.4, 0.5) is 0 Å². The van der Waals surface area contributed by atoms with Gasteiger partial charge in [0.2, 0.25) is 5.88 Å². The second-order valence-electron chi connectivity index (χ2n) is 5.32. The third-order valence-corrected chi connectivity index (χ3v) is 3.77. The van der Waals surface area contributed by atoms with E-state index in [1.54, 1.807) is 0 Å². The Morgan fingerprint density at radius 2 is 2.00 bits per heavy atom. The van der Waals surface area contributed by atoms with Crippen LogP contribution in [0.3, 0.4) is 0 Å². The molecule has 0 amide bonds. The molecule has 1 unspecified atom stereocenters. The molecule has 1 fully saturated rings. The minimum atomic E-state index is 0.0699. The highest BCUT2D eigenvalue weighted by molar-refractivity contribution is 5.22. The smallest absolute Gasteiger partial charge is 0.214 e. The molecule has 1 aromatic heterocycles. The van der Waals surface area contributed by atoms with Gasteiger partial charge >= 0.3 is 0 Å². The molecule has 3 heteroatoms. The molecule has 0 saturated carbocycles. The number of pyridine rings is 1. The van der Waals surface area contributed by atoms with Gasteiger partial charge < -0.3 is 10.1 Å². The van der Waals surface area contributed by atoms with Crippen molar-refractivity contribution in [3.63, 3.8) is 0 Å². The van der Waals surface area contributed by atoms with E-state index in [2.05, 4.69) is 34.6 Å². The summed E-state index contributed by atoms with van der Waals surface area (Å²) < 4.78 is 6.21. The summed E-state index contributed by atoms with van der Waals surface area (Å²) in [6.45, 7) is 4.06. The molecule has 3 nitrogen and oxygen atoms in total. The zero-order valence-corrected chi connectivity index (χ0v) is 11.8. The average Bonchev–Trinajstić information content (AvgIpc) is 3.00. The van der Waals surface area contributed by atoms with E-state index in [1.165, 1.54) is 5.56 Å². The van der Waals surface area contributed by atoms with Crippen LogP contribution in [0.2, 0.25) is 0 Å². The van der Waals surface area contributed by atoms with Gasteiger partial charge in [0, 0.05) is 24.2 Å². The third-order valence-electron chi connectivity index (χ3n) is 3.77. The molecule has 2 atom stereocenters. The predicted octanol–water partition coefficient (Wildman–Crippen LogP) is 3.12. The first-order valence-electron chi connectivity index (χ1n) is 7.19. The minimum Gasteiger partial charge on any atom is -0.469 e. The summed E-state index contributed by atoms with van der Waals surface area (Å²) in [5.41, 5.74) is 2.21. The first-order chi connectivity index (χ1) is 9.83. The zero-order chi connectivity index (χ0) is 13.8. The van der Waals surface area contributed by atoms with Crippen molar-refractivity contribution in [2.24, 2.45) is 5.92 Å². The van der Waals surface area contributed by atoms with Crippen LogP contribution in [0.1, 0.15) is 23.8 Å². The van der Waals surface area contributed by atoms with Crippen LogP contribution in [0, 0.1) is 12.8 Å². The number of rotatable bonds is 4. The Hall–Kier alpha value is -1.87. The third kappa shape index (κ3) is 2.99. The molecule has 1 N–H and O–H groups in total. The summed E-state index contributed by atoms with van der Waals surface area (Å²) in [6, 6.07) is 16.4. The zero-order valence-electron chi connectivity index (χ0n) is 11.8. The topological polar surface area (TPSA) is 34.1 Å². The molecular formula is C17H20N2O. The van der Waals surface area contributed by atoms with Crippen LogP contribution >= 0.6 is 0 Å². The Bertz CT molecular complexity index is 550. The second kappa shape index (κ2) is 6.06. The molecule has 0 spiro atoms. The minimum absolute atomic E-state index is 0.0699. The highest BCUT2D eigenvalue weighted by Gasteiger charge is 2.28. The first kappa shape index (κ1) is 13.1. The lowest BCUT2D eigenvalue weighted by Crippen LogP contribution is -2.21. The fourth-order valence-electron chi connectivity index (χ4n) is 2.73. The molecule has 2 aromatic rings. The van der Waals surface area contributed by atoms with Gasteiger partial charge in [0.25, 0.3) is 0 Å². The molecule has 20 heavy (non-hydrogen) atoms. The van der Waals surface area contributed by atoms with E-state index in [-0.39, 0.29) is 6.10 Å². The summed E-state index contributed by atoms with van der Waals surface area (Å²) in [7, 11) is 0. The molecule has 2 heterocycles. The largest absolute Gasteiger partial charge is 0.469 e. The Kier molecular flexibility index (Phi) is 3.97. The maximum Gasteiger partial charge on any atom is 0.214 e. The molecule has 1 saturated heterocycles. The van der Waals surface area contributed by atoms with Gasteiger partial charge in [-0.2, -0.15) is 0 Å². The van der Waals surface area contributed by atoms with Crippen molar-refractivity contribution in [3.8, 4) is 5.88 Å². The summed E-state index contributed by atoms with van der Waals surface area (Å²) in [5.74, 6) is 1.21. The van der Waals surface area contributed by atoms with E-state index in [0.717, 1.165) is 25.2 Å². The number of hydrogen-bond donors (Lipinski definition) is 1. The van der Waals surface area contributed by atoms with Gasteiger partial charge in [0.15, 0.2) is 0 Å². The van der Waals surface area contributed by atoms with E-state index in [9.17, 15) is 0 Å². The van der Waals surface area contributed by atoms with Crippen LogP contribution in [0.5, 0.6) is 5.88 Å². The van der Waals surface area contributed by atoms with Crippen molar-refractivity contribution in [3.05, 3.63) is 59.8 Å². The highest BCUT2D eigenvalue weighted by atomic mass is 16.5. The normalized spacial score (nSPS) is 19.8. The number of nitrogens with one attached hydrogen (secondary N) is 1. The number of aryl methyl sites for hydroxylation is 1. The van der Waals surface area contributed by atoms with Gasteiger partial charge in [0.05, 0.1) is 0 Å². The van der Waals surface area contributed by atoms with Crippen LogP contribution in [-0.4, -0.2) is 18.1 Å². The number of nitrogens with zero attached hydrogens (tertiary/aromatic N) is 1. The average molecular weight is 268 g/mol. The van der Waals surface area contributed by atoms with Crippen molar-refractivity contribution in [1.82, 2.24) is 10.3 Å². The molecule has 0 radical (unpaired) electrons.